The first-order chi connectivity index (χ1) is 15.0. The fraction of sp³-hybridized carbons (Fsp3) is 0.0833. The second-order valence-corrected chi connectivity index (χ2v) is 8.44. The van der Waals surface area contributed by atoms with Crippen LogP contribution in [0, 0.1) is 0 Å². The average Bonchev–Trinajstić information content (AvgIpc) is 3.07. The standard InChI is InChI=1S/C24H15BrClNO4/c1-30-19-11-10-15(12-17(19)26)27-21(13-6-8-14(25)9-7-13)20-22(28)16-4-2-3-5-18(16)31-23(20)24(27)29/h2-12,21H,1H3. The van der Waals surface area contributed by atoms with E-state index in [9.17, 15) is 9.59 Å². The van der Waals surface area contributed by atoms with Gasteiger partial charge >= 0.3 is 0 Å². The zero-order chi connectivity index (χ0) is 21.7. The van der Waals surface area contributed by atoms with E-state index in [1.54, 1.807) is 47.4 Å². The quantitative estimate of drug-likeness (QED) is 0.351. The van der Waals surface area contributed by atoms with Crippen LogP contribution in [0.3, 0.4) is 0 Å². The highest BCUT2D eigenvalue weighted by molar-refractivity contribution is 9.10. The van der Waals surface area contributed by atoms with Gasteiger partial charge in [-0.25, -0.2) is 0 Å². The Kier molecular flexibility index (Phi) is 4.84. The third kappa shape index (κ3) is 3.14. The summed E-state index contributed by atoms with van der Waals surface area (Å²) in [7, 11) is 1.52. The maximum Gasteiger partial charge on any atom is 0.295 e. The summed E-state index contributed by atoms with van der Waals surface area (Å²) in [6, 6.07) is 18.9. The van der Waals surface area contributed by atoms with Crippen molar-refractivity contribution < 1.29 is 13.9 Å². The van der Waals surface area contributed by atoms with Crippen LogP contribution in [0.1, 0.15) is 27.7 Å². The summed E-state index contributed by atoms with van der Waals surface area (Å²) in [5.74, 6) is 0.144. The predicted molar refractivity (Wildman–Crippen MR) is 123 cm³/mol. The van der Waals surface area contributed by atoms with Gasteiger partial charge in [0.05, 0.1) is 29.1 Å². The molecule has 0 fully saturated rings. The van der Waals surface area contributed by atoms with Crippen molar-refractivity contribution in [3.8, 4) is 5.75 Å². The Morgan fingerprint density at radius 1 is 1.03 bits per heavy atom. The zero-order valence-electron chi connectivity index (χ0n) is 16.3. The highest BCUT2D eigenvalue weighted by atomic mass is 79.9. The van der Waals surface area contributed by atoms with Crippen LogP contribution in [-0.4, -0.2) is 13.0 Å². The molecule has 2 heterocycles. The lowest BCUT2D eigenvalue weighted by atomic mass is 9.98. The second-order valence-electron chi connectivity index (χ2n) is 7.12. The van der Waals surface area contributed by atoms with Gasteiger partial charge in [0.1, 0.15) is 11.3 Å². The van der Waals surface area contributed by atoms with Crippen LogP contribution in [0.2, 0.25) is 5.02 Å². The Balaban J connectivity index is 1.79. The van der Waals surface area contributed by atoms with Crippen LogP contribution in [0.4, 0.5) is 5.69 Å². The van der Waals surface area contributed by atoms with E-state index in [1.165, 1.54) is 7.11 Å². The molecule has 1 aromatic heterocycles. The van der Waals surface area contributed by atoms with E-state index in [-0.39, 0.29) is 11.2 Å². The summed E-state index contributed by atoms with van der Waals surface area (Å²) >= 11 is 9.78. The number of nitrogens with zero attached hydrogens (tertiary/aromatic N) is 1. The van der Waals surface area contributed by atoms with Gasteiger partial charge < -0.3 is 9.15 Å². The minimum absolute atomic E-state index is 0.0450. The molecule has 1 atom stereocenters. The summed E-state index contributed by atoms with van der Waals surface area (Å²) in [4.78, 5) is 28.5. The van der Waals surface area contributed by atoms with Crippen LogP contribution in [0.5, 0.6) is 5.75 Å². The Bertz CT molecular complexity index is 1400. The first-order valence-electron chi connectivity index (χ1n) is 9.48. The number of para-hydroxylation sites is 1. The number of fused-ring (bicyclic) bond motifs is 2. The summed E-state index contributed by atoms with van der Waals surface area (Å²) in [6.45, 7) is 0. The SMILES string of the molecule is COc1ccc(N2C(=O)c3oc4ccccc4c(=O)c3C2c2ccc(Br)cc2)cc1Cl. The highest BCUT2D eigenvalue weighted by Crippen LogP contribution is 2.43. The molecular formula is C24H15BrClNO4. The fourth-order valence-electron chi connectivity index (χ4n) is 3.95. The van der Waals surface area contributed by atoms with Crippen LogP contribution in [0.15, 0.2) is 80.4 Å². The molecule has 1 aliphatic heterocycles. The van der Waals surface area contributed by atoms with Gasteiger partial charge in [-0.2, -0.15) is 0 Å². The van der Waals surface area contributed by atoms with E-state index in [4.69, 9.17) is 20.8 Å². The summed E-state index contributed by atoms with van der Waals surface area (Å²) in [5, 5.41) is 0.800. The molecule has 3 aromatic carbocycles. The molecule has 5 rings (SSSR count). The second kappa shape index (κ2) is 7.55. The minimum Gasteiger partial charge on any atom is -0.495 e. The number of rotatable bonds is 3. The number of amides is 1. The molecule has 0 radical (unpaired) electrons. The largest absolute Gasteiger partial charge is 0.495 e. The van der Waals surface area contributed by atoms with Crippen molar-refractivity contribution in [3.05, 3.63) is 103 Å². The van der Waals surface area contributed by atoms with Gasteiger partial charge in [-0.3, -0.25) is 14.5 Å². The number of halogens is 2. The zero-order valence-corrected chi connectivity index (χ0v) is 18.6. The maximum absolute atomic E-state index is 13.5. The normalized spacial score (nSPS) is 15.4. The van der Waals surface area contributed by atoms with Crippen LogP contribution in [-0.2, 0) is 0 Å². The molecule has 0 N–H and O–H groups in total. The van der Waals surface area contributed by atoms with Gasteiger partial charge in [0.25, 0.3) is 5.91 Å². The number of benzene rings is 3. The van der Waals surface area contributed by atoms with E-state index < -0.39 is 11.9 Å². The van der Waals surface area contributed by atoms with Crippen molar-refractivity contribution in [1.82, 2.24) is 0 Å². The molecular weight excluding hydrogens is 482 g/mol. The average molecular weight is 497 g/mol. The summed E-state index contributed by atoms with van der Waals surface area (Å²) in [6.07, 6.45) is 0. The van der Waals surface area contributed by atoms with Gasteiger partial charge in [0.2, 0.25) is 5.76 Å². The van der Waals surface area contributed by atoms with Crippen molar-refractivity contribution in [2.75, 3.05) is 12.0 Å². The molecule has 0 saturated heterocycles. The first-order valence-corrected chi connectivity index (χ1v) is 10.6. The van der Waals surface area contributed by atoms with Crippen LogP contribution in [0.25, 0.3) is 11.0 Å². The molecule has 4 aromatic rings. The minimum atomic E-state index is -0.652. The molecule has 0 spiro atoms. The Labute approximate surface area is 190 Å². The molecule has 7 heteroatoms. The predicted octanol–water partition coefficient (Wildman–Crippen LogP) is 5.97. The van der Waals surface area contributed by atoms with Gasteiger partial charge in [-0.15, -0.1) is 0 Å². The molecule has 0 saturated carbocycles. The highest BCUT2D eigenvalue weighted by Gasteiger charge is 2.43. The number of anilines is 1. The Morgan fingerprint density at radius 2 is 1.77 bits per heavy atom. The number of carbonyl (C=O) groups is 1. The molecule has 1 unspecified atom stereocenters. The summed E-state index contributed by atoms with van der Waals surface area (Å²) < 4.78 is 12.1. The summed E-state index contributed by atoms with van der Waals surface area (Å²) in [5.41, 5.74) is 1.80. The van der Waals surface area contributed by atoms with Gasteiger partial charge in [0, 0.05) is 10.2 Å². The molecule has 0 bridgehead atoms. The topological polar surface area (TPSA) is 59.8 Å². The number of carbonyl (C=O) groups excluding carboxylic acids is 1. The lowest BCUT2D eigenvalue weighted by molar-refractivity contribution is 0.0971. The van der Waals surface area contributed by atoms with Crippen molar-refractivity contribution in [2.45, 2.75) is 6.04 Å². The molecule has 154 valence electrons. The molecule has 0 aliphatic carbocycles. The Morgan fingerprint density at radius 3 is 2.48 bits per heavy atom. The van der Waals surface area contributed by atoms with E-state index >= 15 is 0 Å². The van der Waals surface area contributed by atoms with Gasteiger partial charge in [-0.05, 0) is 48.0 Å². The number of methoxy groups -OCH3 is 1. The lowest BCUT2D eigenvalue weighted by Gasteiger charge is -2.25. The van der Waals surface area contributed by atoms with Crippen molar-refractivity contribution >= 4 is 50.1 Å². The van der Waals surface area contributed by atoms with E-state index in [0.717, 1.165) is 10.0 Å². The molecule has 1 amide bonds. The molecule has 31 heavy (non-hydrogen) atoms. The third-order valence-corrected chi connectivity index (χ3v) is 6.20. The van der Waals surface area contributed by atoms with Crippen molar-refractivity contribution in [3.63, 3.8) is 0 Å². The maximum atomic E-state index is 13.5. The number of hydrogen-bond donors (Lipinski definition) is 0. The molecule has 1 aliphatic rings. The number of ether oxygens (including phenoxy) is 1. The third-order valence-electron chi connectivity index (χ3n) is 5.38. The van der Waals surface area contributed by atoms with E-state index in [2.05, 4.69) is 15.9 Å². The Hall–Kier alpha value is -3.09. The van der Waals surface area contributed by atoms with E-state index in [1.807, 2.05) is 24.3 Å². The monoisotopic (exact) mass is 495 g/mol. The van der Waals surface area contributed by atoms with E-state index in [0.29, 0.717) is 33.0 Å². The molecule has 5 nitrogen and oxygen atoms in total. The van der Waals surface area contributed by atoms with Crippen LogP contribution >= 0.6 is 27.5 Å². The smallest absolute Gasteiger partial charge is 0.295 e. The van der Waals surface area contributed by atoms with Crippen molar-refractivity contribution in [1.29, 1.82) is 0 Å². The van der Waals surface area contributed by atoms with Crippen LogP contribution < -0.4 is 15.1 Å². The lowest BCUT2D eigenvalue weighted by Crippen LogP contribution is -2.29. The fourth-order valence-corrected chi connectivity index (χ4v) is 4.47. The first kappa shape index (κ1) is 19.8. The van der Waals surface area contributed by atoms with Gasteiger partial charge in [-0.1, -0.05) is 51.8 Å². The number of hydrogen-bond acceptors (Lipinski definition) is 4. The van der Waals surface area contributed by atoms with Crippen molar-refractivity contribution in [2.24, 2.45) is 0 Å². The van der Waals surface area contributed by atoms with Gasteiger partial charge in [0.15, 0.2) is 5.43 Å².